The zero-order valence-corrected chi connectivity index (χ0v) is 15.1. The lowest BCUT2D eigenvalue weighted by Crippen LogP contribution is -2.51. The van der Waals surface area contributed by atoms with Crippen molar-refractivity contribution in [2.75, 3.05) is 38.7 Å². The van der Waals surface area contributed by atoms with Crippen LogP contribution in [0.5, 0.6) is 5.75 Å². The number of hydrogen-bond donors (Lipinski definition) is 2. The van der Waals surface area contributed by atoms with Gasteiger partial charge in [0, 0.05) is 44.5 Å². The molecule has 7 heteroatoms. The van der Waals surface area contributed by atoms with Crippen LogP contribution in [-0.4, -0.2) is 61.8 Å². The normalized spacial score (nSPS) is 18.4. The Kier molecular flexibility index (Phi) is 6.50. The highest BCUT2D eigenvalue weighted by atomic mass is 16.5. The molecule has 1 saturated heterocycles. The lowest BCUT2D eigenvalue weighted by Gasteiger charge is -2.35. The third-order valence-electron chi connectivity index (χ3n) is 4.48. The number of urea groups is 1. The standard InChI is InChI=1S/C18H27N3O4/c1-13(17(22)23)11-20(2)18(24)19-14-6-5-9-21(12-14)15-7-4-8-16(10-15)25-3/h4,7-8,10,13-14H,5-6,9,11-12H2,1-3H3,(H,19,24)(H,22,23). The molecule has 7 nitrogen and oxygen atoms in total. The van der Waals surface area contributed by atoms with Gasteiger partial charge in [0.05, 0.1) is 13.0 Å². The molecule has 2 amide bonds. The average molecular weight is 349 g/mol. The average Bonchev–Trinajstić information content (AvgIpc) is 2.61. The van der Waals surface area contributed by atoms with Crippen molar-refractivity contribution in [1.29, 1.82) is 0 Å². The van der Waals surface area contributed by atoms with Gasteiger partial charge in [-0.2, -0.15) is 0 Å². The minimum atomic E-state index is -0.901. The fourth-order valence-corrected chi connectivity index (χ4v) is 2.99. The first-order valence-corrected chi connectivity index (χ1v) is 8.54. The van der Waals surface area contributed by atoms with E-state index in [9.17, 15) is 9.59 Å². The molecule has 1 aliphatic rings. The van der Waals surface area contributed by atoms with Gasteiger partial charge in [-0.1, -0.05) is 13.0 Å². The molecule has 0 saturated carbocycles. The number of amides is 2. The molecule has 0 bridgehead atoms. The Morgan fingerprint density at radius 1 is 1.48 bits per heavy atom. The molecular formula is C18H27N3O4. The summed E-state index contributed by atoms with van der Waals surface area (Å²) in [6.07, 6.45) is 1.89. The molecule has 1 aliphatic heterocycles. The number of carbonyl (C=O) groups excluding carboxylic acids is 1. The van der Waals surface area contributed by atoms with Crippen molar-refractivity contribution >= 4 is 17.7 Å². The summed E-state index contributed by atoms with van der Waals surface area (Å²) in [7, 11) is 3.27. The van der Waals surface area contributed by atoms with E-state index in [-0.39, 0.29) is 18.6 Å². The first kappa shape index (κ1) is 18.9. The second kappa shape index (κ2) is 8.60. The van der Waals surface area contributed by atoms with E-state index in [1.165, 1.54) is 4.90 Å². The smallest absolute Gasteiger partial charge is 0.317 e. The Bertz CT molecular complexity index is 608. The number of nitrogens with zero attached hydrogens (tertiary/aromatic N) is 2. The summed E-state index contributed by atoms with van der Waals surface area (Å²) < 4.78 is 5.27. The van der Waals surface area contributed by atoms with Gasteiger partial charge < -0.3 is 25.0 Å². The van der Waals surface area contributed by atoms with Crippen molar-refractivity contribution in [2.45, 2.75) is 25.8 Å². The summed E-state index contributed by atoms with van der Waals surface area (Å²) in [6, 6.07) is 7.70. The highest BCUT2D eigenvalue weighted by molar-refractivity contribution is 5.76. The maximum atomic E-state index is 12.3. The summed E-state index contributed by atoms with van der Waals surface area (Å²) >= 11 is 0. The van der Waals surface area contributed by atoms with Gasteiger partial charge in [-0.15, -0.1) is 0 Å². The maximum Gasteiger partial charge on any atom is 0.317 e. The van der Waals surface area contributed by atoms with Crippen molar-refractivity contribution in [3.05, 3.63) is 24.3 Å². The molecule has 2 atom stereocenters. The number of hydrogen-bond acceptors (Lipinski definition) is 4. The summed E-state index contributed by atoms with van der Waals surface area (Å²) in [6.45, 7) is 3.44. The predicted octanol–water partition coefficient (Wildman–Crippen LogP) is 2.03. The molecule has 1 heterocycles. The van der Waals surface area contributed by atoms with Crippen molar-refractivity contribution in [3.8, 4) is 5.75 Å². The van der Waals surface area contributed by atoms with Gasteiger partial charge in [0.25, 0.3) is 0 Å². The van der Waals surface area contributed by atoms with Crippen LogP contribution in [0.25, 0.3) is 0 Å². The Labute approximate surface area is 148 Å². The van der Waals surface area contributed by atoms with Gasteiger partial charge in [0.1, 0.15) is 5.75 Å². The van der Waals surface area contributed by atoms with Crippen LogP contribution >= 0.6 is 0 Å². The molecule has 2 rings (SSSR count). The van der Waals surface area contributed by atoms with Gasteiger partial charge in [-0.05, 0) is 25.0 Å². The first-order chi connectivity index (χ1) is 11.9. The van der Waals surface area contributed by atoms with Crippen LogP contribution in [0, 0.1) is 5.92 Å². The van der Waals surface area contributed by atoms with Crippen LogP contribution in [0.4, 0.5) is 10.5 Å². The fourth-order valence-electron chi connectivity index (χ4n) is 2.99. The predicted molar refractivity (Wildman–Crippen MR) is 96.2 cm³/mol. The third-order valence-corrected chi connectivity index (χ3v) is 4.48. The molecule has 2 N–H and O–H groups in total. The number of carbonyl (C=O) groups is 2. The van der Waals surface area contributed by atoms with Crippen molar-refractivity contribution in [1.82, 2.24) is 10.2 Å². The molecule has 25 heavy (non-hydrogen) atoms. The van der Waals surface area contributed by atoms with Crippen LogP contribution in [0.3, 0.4) is 0 Å². The number of carboxylic acid groups (broad SMARTS) is 1. The molecule has 138 valence electrons. The number of aliphatic carboxylic acids is 1. The zero-order valence-electron chi connectivity index (χ0n) is 15.1. The lowest BCUT2D eigenvalue weighted by molar-refractivity contribution is -0.141. The van der Waals surface area contributed by atoms with Crippen LogP contribution in [0.1, 0.15) is 19.8 Å². The second-order valence-corrected chi connectivity index (χ2v) is 6.56. The minimum Gasteiger partial charge on any atom is -0.497 e. The summed E-state index contributed by atoms with van der Waals surface area (Å²) in [5, 5.41) is 12.0. The van der Waals surface area contributed by atoms with Crippen LogP contribution < -0.4 is 15.0 Å². The minimum absolute atomic E-state index is 0.0371. The van der Waals surface area contributed by atoms with Gasteiger partial charge in [-0.3, -0.25) is 4.79 Å². The monoisotopic (exact) mass is 349 g/mol. The van der Waals surface area contributed by atoms with Crippen LogP contribution in [0.2, 0.25) is 0 Å². The van der Waals surface area contributed by atoms with E-state index in [4.69, 9.17) is 9.84 Å². The van der Waals surface area contributed by atoms with E-state index in [1.807, 2.05) is 24.3 Å². The quantitative estimate of drug-likeness (QED) is 0.821. The summed E-state index contributed by atoms with van der Waals surface area (Å²) in [4.78, 5) is 26.9. The lowest BCUT2D eigenvalue weighted by atomic mass is 10.0. The van der Waals surface area contributed by atoms with Gasteiger partial charge >= 0.3 is 12.0 Å². The first-order valence-electron chi connectivity index (χ1n) is 8.54. The molecule has 0 spiro atoms. The van der Waals surface area contributed by atoms with E-state index in [0.717, 1.165) is 37.4 Å². The Morgan fingerprint density at radius 3 is 2.92 bits per heavy atom. The van der Waals surface area contributed by atoms with E-state index < -0.39 is 11.9 Å². The van der Waals surface area contributed by atoms with Crippen LogP contribution in [-0.2, 0) is 4.79 Å². The van der Waals surface area contributed by atoms with Gasteiger partial charge in [-0.25, -0.2) is 4.79 Å². The van der Waals surface area contributed by atoms with Gasteiger partial charge in [0.15, 0.2) is 0 Å². The molecule has 0 radical (unpaired) electrons. The SMILES string of the molecule is COc1cccc(N2CCCC(NC(=O)N(C)CC(C)C(=O)O)C2)c1. The second-order valence-electron chi connectivity index (χ2n) is 6.56. The van der Waals surface area contributed by atoms with Crippen molar-refractivity contribution in [2.24, 2.45) is 5.92 Å². The summed E-state index contributed by atoms with van der Waals surface area (Å²) in [5.41, 5.74) is 1.08. The van der Waals surface area contributed by atoms with E-state index >= 15 is 0 Å². The van der Waals surface area contributed by atoms with E-state index in [1.54, 1.807) is 21.1 Å². The highest BCUT2D eigenvalue weighted by Crippen LogP contribution is 2.24. The molecular weight excluding hydrogens is 322 g/mol. The van der Waals surface area contributed by atoms with Gasteiger partial charge in [0.2, 0.25) is 0 Å². The third kappa shape index (κ3) is 5.27. The number of ether oxygens (including phenoxy) is 1. The maximum absolute atomic E-state index is 12.3. The number of benzene rings is 1. The largest absolute Gasteiger partial charge is 0.497 e. The number of piperidine rings is 1. The van der Waals surface area contributed by atoms with Crippen molar-refractivity contribution < 1.29 is 19.4 Å². The zero-order chi connectivity index (χ0) is 18.4. The number of carboxylic acids is 1. The van der Waals surface area contributed by atoms with E-state index in [2.05, 4.69) is 10.2 Å². The number of nitrogens with one attached hydrogen (secondary N) is 1. The Balaban J connectivity index is 1.92. The molecule has 2 unspecified atom stereocenters. The van der Waals surface area contributed by atoms with Crippen LogP contribution in [0.15, 0.2) is 24.3 Å². The number of rotatable bonds is 6. The Hall–Kier alpha value is -2.44. The molecule has 0 aromatic heterocycles. The summed E-state index contributed by atoms with van der Waals surface area (Å²) in [5.74, 6) is -0.678. The molecule has 0 aliphatic carbocycles. The molecule has 1 fully saturated rings. The van der Waals surface area contributed by atoms with E-state index in [0.29, 0.717) is 0 Å². The number of methoxy groups -OCH3 is 1. The molecule has 1 aromatic carbocycles. The molecule has 1 aromatic rings. The highest BCUT2D eigenvalue weighted by Gasteiger charge is 2.24. The Morgan fingerprint density at radius 2 is 2.24 bits per heavy atom. The van der Waals surface area contributed by atoms with Crippen molar-refractivity contribution in [3.63, 3.8) is 0 Å². The number of anilines is 1. The fraction of sp³-hybridized carbons (Fsp3) is 0.556. The topological polar surface area (TPSA) is 82.1 Å².